The number of sulfonamides is 1. The number of rotatable bonds is 4. The number of carbonyl (C=O) groups is 1. The van der Waals surface area contributed by atoms with E-state index in [1.165, 1.54) is 24.3 Å². The number of hydrogen-bond donors (Lipinski definition) is 2. The fraction of sp³-hybridized carbons (Fsp3) is 0.133. The van der Waals surface area contributed by atoms with E-state index in [0.29, 0.717) is 0 Å². The molecule has 0 aliphatic heterocycles. The fourth-order valence-electron chi connectivity index (χ4n) is 1.93. The molecule has 0 aliphatic rings. The van der Waals surface area contributed by atoms with Crippen LogP contribution in [0.1, 0.15) is 15.9 Å². The van der Waals surface area contributed by atoms with Crippen molar-refractivity contribution in [1.29, 1.82) is 0 Å². The van der Waals surface area contributed by atoms with Gasteiger partial charge in [0.05, 0.1) is 22.5 Å². The van der Waals surface area contributed by atoms with Gasteiger partial charge >= 0.3 is 6.18 Å². The first kappa shape index (κ1) is 19.1. The van der Waals surface area contributed by atoms with Gasteiger partial charge in [0.15, 0.2) is 0 Å². The van der Waals surface area contributed by atoms with Crippen LogP contribution in [0.15, 0.2) is 42.5 Å². The Morgan fingerprint density at radius 3 is 2.40 bits per heavy atom. The zero-order valence-electron chi connectivity index (χ0n) is 12.7. The van der Waals surface area contributed by atoms with Crippen LogP contribution in [0.2, 0.25) is 5.02 Å². The maximum atomic E-state index is 12.7. The lowest BCUT2D eigenvalue weighted by molar-refractivity contribution is -0.137. The predicted octanol–water partition coefficient (Wildman–Crippen LogP) is 3.98. The van der Waals surface area contributed by atoms with Gasteiger partial charge in [-0.25, -0.2) is 8.42 Å². The Morgan fingerprint density at radius 1 is 1.12 bits per heavy atom. The number of amides is 1. The molecule has 0 aliphatic carbocycles. The molecule has 2 rings (SSSR count). The second kappa shape index (κ2) is 6.93. The van der Waals surface area contributed by atoms with Crippen molar-refractivity contribution in [2.45, 2.75) is 6.18 Å². The van der Waals surface area contributed by atoms with Crippen LogP contribution in [-0.4, -0.2) is 20.6 Å². The third-order valence-corrected chi connectivity index (χ3v) is 3.91. The average molecular weight is 393 g/mol. The van der Waals surface area contributed by atoms with Crippen LogP contribution in [0.3, 0.4) is 0 Å². The molecule has 25 heavy (non-hydrogen) atoms. The summed E-state index contributed by atoms with van der Waals surface area (Å²) in [4.78, 5) is 12.2. The molecule has 134 valence electrons. The van der Waals surface area contributed by atoms with Gasteiger partial charge in [0.25, 0.3) is 5.91 Å². The third-order valence-electron chi connectivity index (χ3n) is 2.97. The van der Waals surface area contributed by atoms with Crippen molar-refractivity contribution in [2.75, 3.05) is 16.3 Å². The Labute approximate surface area is 146 Å². The Kier molecular flexibility index (Phi) is 5.28. The highest BCUT2D eigenvalue weighted by Crippen LogP contribution is 2.34. The SMILES string of the molecule is CS(=O)(=O)Nc1cccc(C(=O)Nc2cc(C(F)(F)F)ccc2Cl)c1. The van der Waals surface area contributed by atoms with Crippen LogP contribution in [0, 0.1) is 0 Å². The van der Waals surface area contributed by atoms with Crippen LogP contribution >= 0.6 is 11.6 Å². The van der Waals surface area contributed by atoms with E-state index in [4.69, 9.17) is 11.6 Å². The number of hydrogen-bond acceptors (Lipinski definition) is 3. The van der Waals surface area contributed by atoms with Gasteiger partial charge in [-0.3, -0.25) is 9.52 Å². The van der Waals surface area contributed by atoms with E-state index < -0.39 is 27.7 Å². The number of carbonyl (C=O) groups excluding carboxylic acids is 1. The first-order chi connectivity index (χ1) is 11.5. The highest BCUT2D eigenvalue weighted by molar-refractivity contribution is 7.92. The minimum atomic E-state index is -4.58. The van der Waals surface area contributed by atoms with Crippen LogP contribution in [0.25, 0.3) is 0 Å². The highest BCUT2D eigenvalue weighted by atomic mass is 35.5. The van der Waals surface area contributed by atoms with Gasteiger partial charge < -0.3 is 5.32 Å². The van der Waals surface area contributed by atoms with E-state index in [2.05, 4.69) is 10.0 Å². The Balaban J connectivity index is 2.27. The van der Waals surface area contributed by atoms with Crippen molar-refractivity contribution in [3.63, 3.8) is 0 Å². The minimum Gasteiger partial charge on any atom is -0.321 e. The lowest BCUT2D eigenvalue weighted by Crippen LogP contribution is -2.15. The van der Waals surface area contributed by atoms with Gasteiger partial charge in [-0.1, -0.05) is 17.7 Å². The lowest BCUT2D eigenvalue weighted by Gasteiger charge is -2.12. The van der Waals surface area contributed by atoms with Gasteiger partial charge in [-0.2, -0.15) is 13.2 Å². The monoisotopic (exact) mass is 392 g/mol. The van der Waals surface area contributed by atoms with E-state index in [-0.39, 0.29) is 22.0 Å². The van der Waals surface area contributed by atoms with Crippen LogP contribution < -0.4 is 10.0 Å². The number of anilines is 2. The van der Waals surface area contributed by atoms with Gasteiger partial charge in [0.2, 0.25) is 10.0 Å². The summed E-state index contributed by atoms with van der Waals surface area (Å²) >= 11 is 5.82. The summed E-state index contributed by atoms with van der Waals surface area (Å²) in [6.07, 6.45) is -3.63. The molecule has 0 saturated carbocycles. The molecular formula is C15H12ClF3N2O3S. The fourth-order valence-corrected chi connectivity index (χ4v) is 2.65. The van der Waals surface area contributed by atoms with E-state index in [0.717, 1.165) is 24.5 Å². The predicted molar refractivity (Wildman–Crippen MR) is 89.3 cm³/mol. The van der Waals surface area contributed by atoms with Crippen molar-refractivity contribution >= 4 is 38.9 Å². The molecule has 0 atom stereocenters. The van der Waals surface area contributed by atoms with Crippen molar-refractivity contribution in [1.82, 2.24) is 0 Å². The smallest absolute Gasteiger partial charge is 0.321 e. The zero-order chi connectivity index (χ0) is 18.8. The number of alkyl halides is 3. The first-order valence-electron chi connectivity index (χ1n) is 6.72. The van der Waals surface area contributed by atoms with Crippen LogP contribution in [-0.2, 0) is 16.2 Å². The van der Waals surface area contributed by atoms with Crippen molar-refractivity contribution < 1.29 is 26.4 Å². The molecular weight excluding hydrogens is 381 g/mol. The standard InChI is InChI=1S/C15H12ClF3N2O3S/c1-25(23,24)21-11-4-2-3-9(7-11)14(22)20-13-8-10(15(17,18)19)5-6-12(13)16/h2-8,21H,1H3,(H,20,22). The summed E-state index contributed by atoms with van der Waals surface area (Å²) in [6.45, 7) is 0. The summed E-state index contributed by atoms with van der Waals surface area (Å²) in [5, 5.41) is 2.22. The van der Waals surface area contributed by atoms with E-state index in [1.54, 1.807) is 0 Å². The molecule has 5 nitrogen and oxygen atoms in total. The molecule has 0 saturated heterocycles. The largest absolute Gasteiger partial charge is 0.416 e. The van der Waals surface area contributed by atoms with E-state index >= 15 is 0 Å². The molecule has 0 aromatic heterocycles. The van der Waals surface area contributed by atoms with Gasteiger partial charge in [-0.15, -0.1) is 0 Å². The summed E-state index contributed by atoms with van der Waals surface area (Å²) in [5.74, 6) is -0.738. The van der Waals surface area contributed by atoms with Crippen molar-refractivity contribution in [3.05, 3.63) is 58.6 Å². The highest BCUT2D eigenvalue weighted by Gasteiger charge is 2.31. The Morgan fingerprint density at radius 2 is 1.80 bits per heavy atom. The first-order valence-corrected chi connectivity index (χ1v) is 8.98. The molecule has 1 amide bonds. The van der Waals surface area contributed by atoms with Gasteiger partial charge in [-0.05, 0) is 36.4 Å². The summed E-state index contributed by atoms with van der Waals surface area (Å²) < 4.78 is 62.9. The van der Waals surface area contributed by atoms with Crippen LogP contribution in [0.5, 0.6) is 0 Å². The maximum absolute atomic E-state index is 12.7. The average Bonchev–Trinajstić information content (AvgIpc) is 2.46. The van der Waals surface area contributed by atoms with Crippen molar-refractivity contribution in [2.24, 2.45) is 0 Å². The number of halogens is 4. The molecule has 0 bridgehead atoms. The molecule has 0 unspecified atom stereocenters. The lowest BCUT2D eigenvalue weighted by atomic mass is 10.1. The Hall–Kier alpha value is -2.26. The molecule has 0 fully saturated rings. The molecule has 0 heterocycles. The number of nitrogens with one attached hydrogen (secondary N) is 2. The molecule has 2 N–H and O–H groups in total. The summed E-state index contributed by atoms with van der Waals surface area (Å²) in [6, 6.07) is 8.03. The maximum Gasteiger partial charge on any atom is 0.416 e. The molecule has 0 radical (unpaired) electrons. The molecule has 10 heteroatoms. The number of benzene rings is 2. The minimum absolute atomic E-state index is 0.0436. The summed E-state index contributed by atoms with van der Waals surface area (Å²) in [5.41, 5.74) is -0.977. The normalized spacial score (nSPS) is 11.9. The molecule has 2 aromatic carbocycles. The summed E-state index contributed by atoms with van der Waals surface area (Å²) in [7, 11) is -3.54. The van der Waals surface area contributed by atoms with E-state index in [9.17, 15) is 26.4 Å². The van der Waals surface area contributed by atoms with Crippen molar-refractivity contribution in [3.8, 4) is 0 Å². The third kappa shape index (κ3) is 5.36. The van der Waals surface area contributed by atoms with Gasteiger partial charge in [0, 0.05) is 11.3 Å². The van der Waals surface area contributed by atoms with Gasteiger partial charge in [0.1, 0.15) is 0 Å². The second-order valence-electron chi connectivity index (χ2n) is 5.10. The molecule has 2 aromatic rings. The molecule has 0 spiro atoms. The topological polar surface area (TPSA) is 75.3 Å². The quantitative estimate of drug-likeness (QED) is 0.826. The zero-order valence-corrected chi connectivity index (χ0v) is 14.3. The van der Waals surface area contributed by atoms with E-state index in [1.807, 2.05) is 0 Å². The Bertz CT molecular complexity index is 914. The second-order valence-corrected chi connectivity index (χ2v) is 7.26. The van der Waals surface area contributed by atoms with Crippen LogP contribution in [0.4, 0.5) is 24.5 Å².